The number of thioether (sulfide) groups is 6. The number of hydrogen-bond acceptors (Lipinski definition) is 18. The van der Waals surface area contributed by atoms with Gasteiger partial charge in [0.25, 0.3) is 0 Å². The van der Waals surface area contributed by atoms with E-state index in [9.17, 15) is 29.7 Å². The van der Waals surface area contributed by atoms with Crippen LogP contribution in [-0.4, -0.2) is 125 Å². The molecule has 0 saturated heterocycles. The van der Waals surface area contributed by atoms with Crippen molar-refractivity contribution >= 4 is 165 Å². The largest absolute Gasteiger partial charge is 0.493 e. The summed E-state index contributed by atoms with van der Waals surface area (Å²) in [6.45, 7) is 11.7. The molecule has 24 bridgehead atoms. The standard InChI is InChI=1S/2C36H37N5O3S2.C35H34ClN5O3S2/c1-21-12-13-29-28-11-8-14-44-31-17-26(15-23-9-6-7-10-27(23)31)46-19-25-16-24(38-41(25)5)18-45-20-30-35(39(3)22(2)37-30)32(21)33(29)40(4)34(28)36(42)43;1-21-12-13-29-28-11-8-14-44-31-17-26(15-23-9-6-7-10-27(23)31)46-19-25-16-24(38-40(25)4)18-45-20-30-22(2)37-41(5)34(30)32(21)33(29)39(3)35(28)36(42)43;1-20-28-19-45-17-22-15-23(40(3)38-22)18-46-24-14-21-8-5-6-9-25(21)30(16-24)44-13-7-10-26-27-11-12-29(36)31(33(28)41(4)37-20)32(27)39(2)34(26)35(42)43/h2*6-7,9-10,12-13,15-17H,8,11,14,18-20H2,1-5H3,(H,42,43);5-6,8-9,11-12,14-16H,7,10,13,17-19H2,1-4H3,(H,42,43). The number of aryl methyl sites for hydroxylation is 16. The molecule has 0 unspecified atom stereocenters. The molecular weight excluding hydrogens is 1870 g/mol. The summed E-state index contributed by atoms with van der Waals surface area (Å²) in [7, 11) is 17.6. The van der Waals surface area contributed by atoms with Crippen LogP contribution in [0.5, 0.6) is 17.2 Å². The zero-order valence-corrected chi connectivity index (χ0v) is 85.3. The first-order valence-electron chi connectivity index (χ1n) is 46.1. The first kappa shape index (κ1) is 94.8. The first-order chi connectivity index (χ1) is 66.6. The SMILES string of the molecule is Cc1ccc2c3c(C(=O)O)n(C)c2c1-c1c(c(C)nn1C)CSCc1cc(n(C)n1)CSc1cc(c2ccccc2c1)OCCC3.Cc1ccc2c3c(C(=O)O)n(C)c2c1-c1c(nc(C)n1C)CSCc1cc(n(C)n1)CSc1cc(c2ccccc2c1)OCCC3.Cc1nn(C)c2c1CSCc1cc(n(C)n1)CSc1cc(c3ccccc3c1)OCCCc1c(C(=O)O)n(C)c3c-2c(Cl)ccc13. The van der Waals surface area contributed by atoms with Crippen molar-refractivity contribution in [1.82, 2.24) is 72.2 Å². The molecule has 3 aliphatic heterocycles. The molecule has 31 heteroatoms. The van der Waals surface area contributed by atoms with Crippen molar-refractivity contribution in [2.75, 3.05) is 19.8 Å². The number of nitrogens with zero attached hydrogens (tertiary/aromatic N) is 15. The molecule has 9 aromatic heterocycles. The van der Waals surface area contributed by atoms with Crippen LogP contribution in [0.25, 0.3) is 98.8 Å². The fourth-order valence-corrected chi connectivity index (χ4v) is 26.2. The second-order valence-electron chi connectivity index (χ2n) is 35.7. The molecule has 21 rings (SSSR count). The molecule has 3 N–H and O–H groups in total. The number of imidazole rings is 1. The van der Waals surface area contributed by atoms with Crippen LogP contribution in [0, 0.1) is 34.6 Å². The van der Waals surface area contributed by atoms with E-state index < -0.39 is 17.9 Å². The number of benzene rings is 9. The van der Waals surface area contributed by atoms with E-state index in [1.807, 2.05) is 158 Å². The highest BCUT2D eigenvalue weighted by atomic mass is 35.5. The van der Waals surface area contributed by atoms with Crippen LogP contribution < -0.4 is 14.2 Å². The Bertz CT molecular complexity index is 7390. The molecule has 0 amide bonds. The Kier molecular flexibility index (Phi) is 27.5. The van der Waals surface area contributed by atoms with Crippen LogP contribution in [0.2, 0.25) is 5.02 Å². The highest BCUT2D eigenvalue weighted by Gasteiger charge is 2.33. The fraction of sp³-hybridized carbons (Fsp3) is 0.299. The Balaban J connectivity index is 0.000000132. The second kappa shape index (κ2) is 40.0. The first-order valence-corrected chi connectivity index (χ1v) is 52.9. The maximum absolute atomic E-state index is 12.8. The maximum atomic E-state index is 12.8. The lowest BCUT2D eigenvalue weighted by molar-refractivity contribution is 0.0675. The van der Waals surface area contributed by atoms with Gasteiger partial charge < -0.3 is 47.8 Å². The lowest BCUT2D eigenvalue weighted by atomic mass is 9.96. The highest BCUT2D eigenvalue weighted by molar-refractivity contribution is 7.99. The van der Waals surface area contributed by atoms with E-state index in [0.717, 1.165) is 250 Å². The molecule has 9 aromatic carbocycles. The number of hydrogen-bond donors (Lipinski definition) is 3. The summed E-state index contributed by atoms with van der Waals surface area (Å²) < 4.78 is 36.8. The molecule has 0 saturated carbocycles. The summed E-state index contributed by atoms with van der Waals surface area (Å²) in [4.78, 5) is 46.6. The monoisotopic (exact) mass is 1970 g/mol. The van der Waals surface area contributed by atoms with Gasteiger partial charge in [-0.3, -0.25) is 23.4 Å². The van der Waals surface area contributed by atoms with Crippen molar-refractivity contribution in [2.45, 2.75) is 140 Å². The third kappa shape index (κ3) is 18.5. The lowest BCUT2D eigenvalue weighted by Crippen LogP contribution is -2.09. The molecule has 0 spiro atoms. The Hall–Kier alpha value is -12.2. The fourth-order valence-electron chi connectivity index (χ4n) is 20.1. The van der Waals surface area contributed by atoms with Gasteiger partial charge in [0.15, 0.2) is 0 Å². The quantitative estimate of drug-likeness (QED) is 0.148. The Morgan fingerprint density at radius 1 is 0.348 bits per heavy atom. The summed E-state index contributed by atoms with van der Waals surface area (Å²) in [5.74, 6) is 7.52. The molecule has 0 radical (unpaired) electrons. The van der Waals surface area contributed by atoms with E-state index in [2.05, 4.69) is 153 Å². The van der Waals surface area contributed by atoms with Crippen LogP contribution in [0.4, 0.5) is 0 Å². The minimum atomic E-state index is -0.964. The molecule has 12 heterocycles. The third-order valence-corrected chi connectivity index (χ3v) is 33.1. The van der Waals surface area contributed by atoms with Crippen LogP contribution in [0.1, 0.15) is 147 Å². The number of carbonyl (C=O) groups is 3. The predicted octanol–water partition coefficient (Wildman–Crippen LogP) is 23.8. The number of halogens is 1. The van der Waals surface area contributed by atoms with Gasteiger partial charge in [-0.1, -0.05) is 115 Å². The van der Waals surface area contributed by atoms with E-state index in [4.69, 9.17) is 56.3 Å². The number of ether oxygens (including phenoxy) is 3. The van der Waals surface area contributed by atoms with Crippen molar-refractivity contribution < 1.29 is 43.9 Å². The minimum Gasteiger partial charge on any atom is -0.493 e. The summed E-state index contributed by atoms with van der Waals surface area (Å²) in [5.41, 5.74) is 25.9. The molecule has 0 fully saturated rings. The van der Waals surface area contributed by atoms with E-state index in [1.54, 1.807) is 63.4 Å². The van der Waals surface area contributed by atoms with Crippen molar-refractivity contribution in [1.29, 1.82) is 0 Å². The molecule has 18 aromatic rings. The van der Waals surface area contributed by atoms with Crippen molar-refractivity contribution in [3.8, 4) is 51.0 Å². The predicted molar refractivity (Wildman–Crippen MR) is 562 cm³/mol. The van der Waals surface area contributed by atoms with Crippen LogP contribution in [0.3, 0.4) is 0 Å². The number of aromatic nitrogens is 15. The van der Waals surface area contributed by atoms with Gasteiger partial charge in [0.05, 0.1) is 92.6 Å². The number of carboxylic acid groups (broad SMARTS) is 3. The Morgan fingerprint density at radius 2 is 0.688 bits per heavy atom. The molecule has 3 aliphatic rings. The molecular formula is C107H108ClN15O9S6. The number of carboxylic acids is 3. The third-order valence-electron chi connectivity index (χ3n) is 26.7. The zero-order valence-electron chi connectivity index (χ0n) is 79.6. The number of aromatic carboxylic acids is 3. The van der Waals surface area contributed by atoms with Crippen molar-refractivity contribution in [3.63, 3.8) is 0 Å². The van der Waals surface area contributed by atoms with Crippen LogP contribution in [-0.2, 0) is 134 Å². The summed E-state index contributed by atoms with van der Waals surface area (Å²) in [6.07, 6.45) is 3.72. The van der Waals surface area contributed by atoms with E-state index in [-0.39, 0.29) is 5.69 Å². The average Bonchev–Trinajstić information content (AvgIpc) is 1.59. The molecule has 24 nitrogen and oxygen atoms in total. The smallest absolute Gasteiger partial charge is 0.352 e. The van der Waals surface area contributed by atoms with Crippen molar-refractivity contribution in [3.05, 3.63) is 282 Å². The van der Waals surface area contributed by atoms with Gasteiger partial charge >= 0.3 is 17.9 Å². The maximum Gasteiger partial charge on any atom is 0.352 e. The van der Waals surface area contributed by atoms with Crippen molar-refractivity contribution in [2.24, 2.45) is 63.4 Å². The summed E-state index contributed by atoms with van der Waals surface area (Å²) in [6, 6.07) is 56.7. The van der Waals surface area contributed by atoms with Gasteiger partial charge in [0.1, 0.15) is 40.2 Å². The van der Waals surface area contributed by atoms with E-state index in [0.29, 0.717) is 86.3 Å². The Labute approximate surface area is 830 Å². The average molecular weight is 1980 g/mol. The minimum absolute atomic E-state index is 0.269. The number of fused-ring (bicyclic) bond motifs is 24. The van der Waals surface area contributed by atoms with Gasteiger partial charge in [0.2, 0.25) is 0 Å². The number of rotatable bonds is 3. The molecule has 708 valence electrons. The topological polar surface area (TPSA) is 261 Å². The Morgan fingerprint density at radius 3 is 1.07 bits per heavy atom. The normalized spacial score (nSPS) is 14.3. The lowest BCUT2D eigenvalue weighted by Gasteiger charge is -2.14. The second-order valence-corrected chi connectivity index (χ2v) is 42.2. The van der Waals surface area contributed by atoms with E-state index >= 15 is 0 Å². The molecule has 138 heavy (non-hydrogen) atoms. The summed E-state index contributed by atoms with van der Waals surface area (Å²) >= 11 is 17.7. The van der Waals surface area contributed by atoms with Crippen LogP contribution in [0.15, 0.2) is 178 Å². The van der Waals surface area contributed by atoms with Gasteiger partial charge in [-0.15, -0.1) is 47.0 Å². The molecule has 0 atom stereocenters. The van der Waals surface area contributed by atoms with Gasteiger partial charge in [-0.2, -0.15) is 49.0 Å². The highest BCUT2D eigenvalue weighted by Crippen LogP contribution is 2.48. The van der Waals surface area contributed by atoms with Gasteiger partial charge in [-0.05, 0) is 178 Å². The van der Waals surface area contributed by atoms with Crippen LogP contribution >= 0.6 is 82.2 Å². The molecule has 0 aliphatic carbocycles. The van der Waals surface area contributed by atoms with E-state index in [1.165, 1.54) is 17.0 Å². The summed E-state index contributed by atoms with van der Waals surface area (Å²) in [5, 5.41) is 65.4. The zero-order chi connectivity index (χ0) is 96.3. The van der Waals surface area contributed by atoms with Gasteiger partial charge in [-0.25, -0.2) is 19.4 Å². The van der Waals surface area contributed by atoms with Gasteiger partial charge in [0, 0.05) is 207 Å².